The monoisotopic (exact) mass is 1520 g/mol. The van der Waals surface area contributed by atoms with Crippen LogP contribution in [0, 0.1) is 5.92 Å². The summed E-state index contributed by atoms with van der Waals surface area (Å²) in [4.78, 5) is 188. The smallest absolute Gasteiger partial charge is 0.245 e. The zero-order valence-electron chi connectivity index (χ0n) is 60.7. The van der Waals surface area contributed by atoms with Crippen molar-refractivity contribution in [3.63, 3.8) is 0 Å². The fourth-order valence-electron chi connectivity index (χ4n) is 12.3. The van der Waals surface area contributed by atoms with Crippen LogP contribution in [-0.4, -0.2) is 227 Å². The third kappa shape index (κ3) is 27.3. The van der Waals surface area contributed by atoms with Crippen molar-refractivity contribution in [3.05, 3.63) is 72.3 Å². The number of fused-ring (bicyclic) bond motifs is 1. The number of sulfonamides is 1. The summed E-state index contributed by atoms with van der Waals surface area (Å²) in [6, 6.07) is 4.04. The van der Waals surface area contributed by atoms with Crippen molar-refractivity contribution in [1.82, 2.24) is 57.1 Å². The molecule has 37 heteroatoms. The maximum Gasteiger partial charge on any atom is 0.245 e. The zero-order chi connectivity index (χ0) is 78.4. The second-order valence-corrected chi connectivity index (χ2v) is 29.5. The second-order valence-electron chi connectivity index (χ2n) is 26.8. The van der Waals surface area contributed by atoms with Crippen LogP contribution in [-0.2, 0) is 78.8 Å². The Bertz CT molecular complexity index is 3720. The average molecular weight is 1520 g/mol. The summed E-state index contributed by atoms with van der Waals surface area (Å²) in [6.45, 7) is 2.62. The van der Waals surface area contributed by atoms with Gasteiger partial charge in [-0.15, -0.1) is 0 Å². The molecule has 10 atom stereocenters. The van der Waals surface area contributed by atoms with Gasteiger partial charge in [0, 0.05) is 76.0 Å². The fraction of sp³-hybridized carbons (Fsp3) is 0.565. The molecule has 0 spiro atoms. The lowest BCUT2D eigenvalue weighted by Gasteiger charge is -2.32. The number of guanidine groups is 1. The molecule has 584 valence electrons. The number of carbonyl (C=O) groups excluding carboxylic acids is 13. The number of benzene rings is 3. The lowest BCUT2D eigenvalue weighted by Crippen LogP contribution is -2.61. The normalized spacial score (nSPS) is 16.5. The highest BCUT2D eigenvalue weighted by molar-refractivity contribution is 7.98. The van der Waals surface area contributed by atoms with E-state index in [0.29, 0.717) is 59.9 Å². The molecule has 0 aliphatic carbocycles. The van der Waals surface area contributed by atoms with Crippen molar-refractivity contribution >= 4 is 121 Å². The molecule has 3 aromatic carbocycles. The molecule has 2 fully saturated rings. The van der Waals surface area contributed by atoms with Crippen LogP contribution in [0.2, 0.25) is 0 Å². The molecule has 0 saturated carbocycles. The molecule has 2 saturated heterocycles. The van der Waals surface area contributed by atoms with Gasteiger partial charge in [-0.2, -0.15) is 11.8 Å². The number of rotatable bonds is 45. The van der Waals surface area contributed by atoms with Crippen LogP contribution in [0.25, 0.3) is 10.8 Å². The van der Waals surface area contributed by atoms with Gasteiger partial charge in [0.15, 0.2) is 5.96 Å². The summed E-state index contributed by atoms with van der Waals surface area (Å²) in [5.74, 6) is -11.1. The van der Waals surface area contributed by atoms with Gasteiger partial charge in [-0.05, 0) is 126 Å². The summed E-state index contributed by atoms with van der Waals surface area (Å²) in [7, 11) is -1.03. The molecule has 2 aliphatic rings. The number of carbonyl (C=O) groups is 13. The largest absolute Gasteiger partial charge is 0.377 e. The first-order chi connectivity index (χ1) is 50.3. The predicted octanol–water partition coefficient (Wildman–Crippen LogP) is -3.76. The van der Waals surface area contributed by atoms with Crippen LogP contribution in [0.1, 0.15) is 116 Å². The first kappa shape index (κ1) is 86.9. The van der Waals surface area contributed by atoms with Gasteiger partial charge in [0.25, 0.3) is 0 Å². The number of unbranched alkanes of at least 4 members (excludes halogenated alkanes) is 1. The summed E-state index contributed by atoms with van der Waals surface area (Å²) in [5, 5.41) is 21.4. The Kier molecular flexibility index (Phi) is 35.3. The third-order valence-corrected chi connectivity index (χ3v) is 20.0. The summed E-state index contributed by atoms with van der Waals surface area (Å²) in [5.41, 5.74) is 40.7. The molecule has 35 nitrogen and oxygen atoms in total. The van der Waals surface area contributed by atoms with E-state index in [0.717, 1.165) is 0 Å². The number of thioether (sulfide) groups is 1. The molecule has 0 radical (unpaired) electrons. The summed E-state index contributed by atoms with van der Waals surface area (Å²) >= 11 is 1.42. The molecular weight excluding hydrogens is 1410 g/mol. The van der Waals surface area contributed by atoms with Crippen molar-refractivity contribution in [2.75, 3.05) is 70.3 Å². The maximum atomic E-state index is 15.0. The quantitative estimate of drug-likeness (QED) is 0.0147. The van der Waals surface area contributed by atoms with Crippen molar-refractivity contribution < 1.29 is 70.7 Å². The van der Waals surface area contributed by atoms with E-state index in [1.54, 1.807) is 93.7 Å². The van der Waals surface area contributed by atoms with Crippen molar-refractivity contribution in [2.45, 2.75) is 182 Å². The molecule has 106 heavy (non-hydrogen) atoms. The maximum absolute atomic E-state index is 15.0. The number of nitrogens with two attached hydrogens (primary N) is 7. The first-order valence-electron chi connectivity index (χ1n) is 35.4. The SMILES string of the molecule is CSCC[C@H](NC(=O)[C@H](CC(C)C)NC(=O)CNC(=O)[C@H](CNS(=O)(=O)c1cccc2c(N(C)C)cccc12)NC(=O)[C@H](Cc1ccccc1)NC(=O)[C@H](CCC(N)=O)NC(=O)[C@H](CCC(N)=O)NC(=O)[C@@H]1CCCN1C(=O)[C@H](CCCCN)NC(=O)[C@@H]1CCCN1C(=O)[C@@H](N)CCCN=C(N)N)C(N)=O. The zero-order valence-corrected chi connectivity index (χ0v) is 62.4. The highest BCUT2D eigenvalue weighted by atomic mass is 32.2. The molecule has 13 amide bonds. The van der Waals surface area contributed by atoms with Gasteiger partial charge in [0.05, 0.1) is 17.5 Å². The lowest BCUT2D eigenvalue weighted by atomic mass is 10.0. The van der Waals surface area contributed by atoms with Gasteiger partial charge in [-0.3, -0.25) is 67.3 Å². The van der Waals surface area contributed by atoms with Crippen LogP contribution in [0.3, 0.4) is 0 Å². The number of hydrogen-bond acceptors (Lipinski definition) is 20. The van der Waals surface area contributed by atoms with Gasteiger partial charge >= 0.3 is 0 Å². The minimum Gasteiger partial charge on any atom is -0.377 e. The number of anilines is 1. The van der Waals surface area contributed by atoms with Crippen molar-refractivity contribution in [3.8, 4) is 0 Å². The molecule has 2 heterocycles. The molecule has 3 aromatic rings. The summed E-state index contributed by atoms with van der Waals surface area (Å²) < 4.78 is 31.3. The Labute approximate surface area is 621 Å². The number of amides is 13. The van der Waals surface area contributed by atoms with E-state index in [9.17, 15) is 70.7 Å². The minimum atomic E-state index is -4.58. The molecule has 0 bridgehead atoms. The molecule has 2 aliphatic heterocycles. The Hall–Kier alpha value is -9.72. The highest BCUT2D eigenvalue weighted by Crippen LogP contribution is 2.31. The number of nitrogens with one attached hydrogen (secondary N) is 9. The first-order valence-corrected chi connectivity index (χ1v) is 38.2. The van der Waals surface area contributed by atoms with Crippen molar-refractivity contribution in [2.24, 2.45) is 51.0 Å². The van der Waals surface area contributed by atoms with Crippen LogP contribution < -0.4 is 92.3 Å². The minimum absolute atomic E-state index is 0.0383. The van der Waals surface area contributed by atoms with Crippen LogP contribution in [0.4, 0.5) is 5.69 Å². The molecule has 0 aromatic heterocycles. The fourth-order valence-corrected chi connectivity index (χ4v) is 14.1. The molecule has 23 N–H and O–H groups in total. The molecular formula is C69H106N20O15S2. The van der Waals surface area contributed by atoms with E-state index in [4.69, 9.17) is 40.1 Å². The second kappa shape index (κ2) is 43.0. The van der Waals surface area contributed by atoms with E-state index in [1.807, 2.05) is 0 Å². The number of primary amides is 3. The predicted molar refractivity (Wildman–Crippen MR) is 399 cm³/mol. The number of hydrogen-bond donors (Lipinski definition) is 16. The van der Waals surface area contributed by atoms with E-state index in [2.05, 4.69) is 52.2 Å². The highest BCUT2D eigenvalue weighted by Gasteiger charge is 2.43. The average Bonchev–Trinajstić information content (AvgIpc) is 1.00. The van der Waals surface area contributed by atoms with Gasteiger partial charge in [-0.1, -0.05) is 68.4 Å². The summed E-state index contributed by atoms with van der Waals surface area (Å²) in [6.07, 6.45) is 2.43. The van der Waals surface area contributed by atoms with Gasteiger partial charge in [-0.25, -0.2) is 13.1 Å². The van der Waals surface area contributed by atoms with Gasteiger partial charge in [0.1, 0.15) is 54.4 Å². The third-order valence-electron chi connectivity index (χ3n) is 17.9. The van der Waals surface area contributed by atoms with Crippen LogP contribution in [0.15, 0.2) is 76.6 Å². The van der Waals surface area contributed by atoms with E-state index in [1.165, 1.54) is 33.7 Å². The Morgan fingerprint density at radius 1 is 0.585 bits per heavy atom. The number of nitrogens with zero attached hydrogens (tertiary/aromatic N) is 4. The van der Waals surface area contributed by atoms with Crippen molar-refractivity contribution in [1.29, 1.82) is 0 Å². The number of likely N-dealkylation sites (tertiary alicyclic amines) is 2. The van der Waals surface area contributed by atoms with E-state index in [-0.39, 0.29) is 87.9 Å². The topological polar surface area (TPSA) is 569 Å². The lowest BCUT2D eigenvalue weighted by molar-refractivity contribution is -0.144. The van der Waals surface area contributed by atoms with Gasteiger partial charge in [0.2, 0.25) is 86.8 Å². The standard InChI is InChI=1S/C69H106N20O15S2/c1-40(2)36-49(63(97)81-45(59(74)93)30-35-105-5)80-58(92)39-78-60(94)51(38-79-106(103,104)55-25-12-18-42-43(55)19-11-22-52(42)87(3)4)86-64(98)50(37-41-16-7-6-8-17-41)85-62(96)46(26-28-56(72)90)82-61(95)47(27-29-57(73)91)83-65(99)54-24-15-34-89(54)68(102)48(21-9-10-31-70)84-66(100)53-23-14-33-88(53)67(101)44(71)20-13-32-77-69(75)76/h6-8,11-12,16-19,22,25,40,44-51,53-54,79H,9-10,13-15,20-21,23-24,26-39,70-71H2,1-5H3,(H2,72,90)(H2,73,91)(H2,74,93)(H,78,94)(H,80,92)(H,81,97)(H,82,95)(H,83,99)(H,84,100)(H,85,96)(H,86,98)(H4,75,76,77)/t44-,45-,46-,47-,48-,49-,50-,51-,53-,54-/m0/s1. The van der Waals surface area contributed by atoms with Crippen LogP contribution in [0.5, 0.6) is 0 Å². The Balaban J connectivity index is 1.42. The molecule has 5 rings (SSSR count). The van der Waals surface area contributed by atoms with E-state index >= 15 is 0 Å². The molecule has 0 unspecified atom stereocenters. The Morgan fingerprint density at radius 2 is 1.13 bits per heavy atom. The van der Waals surface area contributed by atoms with E-state index < -0.39 is 186 Å². The Morgan fingerprint density at radius 3 is 1.71 bits per heavy atom. The van der Waals surface area contributed by atoms with Crippen LogP contribution >= 0.6 is 11.8 Å². The van der Waals surface area contributed by atoms with Gasteiger partial charge < -0.3 is 97.4 Å². The number of aliphatic imine (C=N–C) groups is 1.